The highest BCUT2D eigenvalue weighted by Crippen LogP contribution is 2.50. The van der Waals surface area contributed by atoms with Gasteiger partial charge in [0.1, 0.15) is 29.2 Å². The van der Waals surface area contributed by atoms with Gasteiger partial charge < -0.3 is 10.4 Å². The molecule has 0 aliphatic heterocycles. The maximum Gasteiger partial charge on any atom is 0.301 e. The Balaban J connectivity index is 0.00000149. The first-order valence-corrected chi connectivity index (χ1v) is 10.9. The summed E-state index contributed by atoms with van der Waals surface area (Å²) in [6, 6.07) is 7.56. The van der Waals surface area contributed by atoms with Crippen LogP contribution in [-0.4, -0.2) is 26.2 Å². The van der Waals surface area contributed by atoms with Crippen molar-refractivity contribution >= 4 is 28.5 Å². The molecule has 1 aliphatic carbocycles. The first-order chi connectivity index (χ1) is 15.7. The molecular formula is C23H23ClF3N5O. The average Bonchev–Trinajstić information content (AvgIpc) is 3.60. The standard InChI is InChI=1S/C21H17ClF3N5O.C2H6/c1-11(31)21(24,25)14-4-2-3-12(16(14)23)8-27-18-13-7-15(20(9-26)5-6-20)17(22)30-19(13)29-10-28-18;1-2/h2-4,7,10-11,31H,5-6,8H2,1H3,(H,27,28,29,30);1-2H3. The van der Waals surface area contributed by atoms with Gasteiger partial charge in [-0.3, -0.25) is 0 Å². The summed E-state index contributed by atoms with van der Waals surface area (Å²) in [5.41, 5.74) is -0.725. The fourth-order valence-corrected chi connectivity index (χ4v) is 3.70. The fraction of sp³-hybridized carbons (Fsp3) is 0.391. The van der Waals surface area contributed by atoms with E-state index >= 15 is 0 Å². The highest BCUT2D eigenvalue weighted by Gasteiger charge is 2.47. The Bertz CT molecular complexity index is 1210. The lowest BCUT2D eigenvalue weighted by Crippen LogP contribution is -2.29. The summed E-state index contributed by atoms with van der Waals surface area (Å²) in [6.45, 7) is 4.75. The zero-order valence-corrected chi connectivity index (χ0v) is 19.1. The Morgan fingerprint density at radius 3 is 2.61 bits per heavy atom. The molecule has 0 bridgehead atoms. The summed E-state index contributed by atoms with van der Waals surface area (Å²) < 4.78 is 43.0. The van der Waals surface area contributed by atoms with Crippen LogP contribution in [0.15, 0.2) is 30.6 Å². The maximum atomic E-state index is 14.7. The van der Waals surface area contributed by atoms with Gasteiger partial charge in [-0.25, -0.2) is 19.3 Å². The lowest BCUT2D eigenvalue weighted by molar-refractivity contribution is -0.108. The molecule has 0 saturated heterocycles. The number of nitrogens with one attached hydrogen (secondary N) is 1. The zero-order chi connectivity index (χ0) is 24.4. The van der Waals surface area contributed by atoms with Gasteiger partial charge in [-0.1, -0.05) is 37.6 Å². The first kappa shape index (κ1) is 24.7. The summed E-state index contributed by atoms with van der Waals surface area (Å²) in [6.07, 6.45) is 0.546. The van der Waals surface area contributed by atoms with Crippen LogP contribution in [0.25, 0.3) is 11.0 Å². The molecule has 1 atom stereocenters. The molecule has 2 heterocycles. The number of pyridine rings is 1. The average molecular weight is 478 g/mol. The monoisotopic (exact) mass is 477 g/mol. The van der Waals surface area contributed by atoms with Gasteiger partial charge >= 0.3 is 5.92 Å². The zero-order valence-electron chi connectivity index (χ0n) is 18.3. The summed E-state index contributed by atoms with van der Waals surface area (Å²) in [5, 5.41) is 22.4. The van der Waals surface area contributed by atoms with Crippen LogP contribution in [0.2, 0.25) is 5.15 Å². The molecule has 3 aromatic rings. The number of rotatable bonds is 6. The van der Waals surface area contributed by atoms with Gasteiger partial charge in [0.25, 0.3) is 0 Å². The topological polar surface area (TPSA) is 94.7 Å². The van der Waals surface area contributed by atoms with Gasteiger partial charge in [-0.2, -0.15) is 14.0 Å². The van der Waals surface area contributed by atoms with Crippen molar-refractivity contribution in [1.82, 2.24) is 15.0 Å². The first-order valence-electron chi connectivity index (χ1n) is 10.5. The minimum atomic E-state index is -3.73. The van der Waals surface area contributed by atoms with Crippen LogP contribution < -0.4 is 5.32 Å². The van der Waals surface area contributed by atoms with E-state index in [9.17, 15) is 23.5 Å². The Morgan fingerprint density at radius 1 is 1.30 bits per heavy atom. The van der Waals surface area contributed by atoms with E-state index in [1.54, 1.807) is 6.07 Å². The van der Waals surface area contributed by atoms with E-state index in [4.69, 9.17) is 11.6 Å². The Hall–Kier alpha value is -2.96. The van der Waals surface area contributed by atoms with Crippen molar-refractivity contribution in [3.05, 3.63) is 58.3 Å². The lowest BCUT2D eigenvalue weighted by Gasteiger charge is -2.21. The number of halogens is 4. The number of aromatic nitrogens is 3. The van der Waals surface area contributed by atoms with Gasteiger partial charge in [0.15, 0.2) is 5.65 Å². The minimum absolute atomic E-state index is 0.0255. The Labute approximate surface area is 194 Å². The van der Waals surface area contributed by atoms with E-state index in [1.807, 2.05) is 13.8 Å². The second-order valence-corrected chi connectivity index (χ2v) is 7.90. The van der Waals surface area contributed by atoms with Crippen molar-refractivity contribution in [2.45, 2.75) is 57.6 Å². The molecule has 2 N–H and O–H groups in total. The molecule has 174 valence electrons. The Morgan fingerprint density at radius 2 is 2.00 bits per heavy atom. The summed E-state index contributed by atoms with van der Waals surface area (Å²) in [4.78, 5) is 12.5. The molecule has 0 radical (unpaired) electrons. The van der Waals surface area contributed by atoms with Crippen molar-refractivity contribution in [3.8, 4) is 6.07 Å². The molecule has 1 aliphatic rings. The largest absolute Gasteiger partial charge is 0.387 e. The molecule has 10 heteroatoms. The summed E-state index contributed by atoms with van der Waals surface area (Å²) in [7, 11) is 0. The van der Waals surface area contributed by atoms with Crippen molar-refractivity contribution in [3.63, 3.8) is 0 Å². The normalized spacial score (nSPS) is 15.2. The number of hydrogen-bond donors (Lipinski definition) is 2. The number of nitriles is 1. The van der Waals surface area contributed by atoms with Crippen LogP contribution in [0, 0.1) is 17.1 Å². The fourth-order valence-electron chi connectivity index (χ4n) is 3.39. The molecular weight excluding hydrogens is 455 g/mol. The third kappa shape index (κ3) is 4.59. The number of hydrogen-bond acceptors (Lipinski definition) is 6. The van der Waals surface area contributed by atoms with E-state index < -0.39 is 28.8 Å². The molecule has 2 aromatic heterocycles. The predicted octanol–water partition coefficient (Wildman–Crippen LogP) is 5.48. The maximum absolute atomic E-state index is 14.7. The van der Waals surface area contributed by atoms with Crippen molar-refractivity contribution in [1.29, 1.82) is 5.26 Å². The van der Waals surface area contributed by atoms with Gasteiger partial charge in [-0.15, -0.1) is 0 Å². The molecule has 0 amide bonds. The highest BCUT2D eigenvalue weighted by atomic mass is 35.5. The Kier molecular flexibility index (Phi) is 7.10. The number of nitrogens with zero attached hydrogens (tertiary/aromatic N) is 4. The molecule has 1 unspecified atom stereocenters. The third-order valence-corrected chi connectivity index (χ3v) is 5.75. The van der Waals surface area contributed by atoms with Crippen LogP contribution >= 0.6 is 11.6 Å². The molecule has 4 rings (SSSR count). The molecule has 1 saturated carbocycles. The van der Waals surface area contributed by atoms with E-state index in [0.717, 1.165) is 13.0 Å². The van der Waals surface area contributed by atoms with Gasteiger partial charge in [0.05, 0.1) is 22.4 Å². The minimum Gasteiger partial charge on any atom is -0.387 e. The van der Waals surface area contributed by atoms with Crippen molar-refractivity contribution in [2.75, 3.05) is 5.32 Å². The SMILES string of the molecule is CC.CC(O)C(F)(F)c1cccc(CNc2ncnc3nc(Cl)c(C4(C#N)CC4)cc23)c1F. The van der Waals surface area contributed by atoms with Gasteiger partial charge in [0.2, 0.25) is 0 Å². The van der Waals surface area contributed by atoms with Crippen LogP contribution in [0.4, 0.5) is 19.0 Å². The van der Waals surface area contributed by atoms with Crippen LogP contribution in [0.5, 0.6) is 0 Å². The molecule has 0 spiro atoms. The summed E-state index contributed by atoms with van der Waals surface area (Å²) in [5.74, 6) is -4.54. The van der Waals surface area contributed by atoms with E-state index in [1.165, 1.54) is 18.5 Å². The quantitative estimate of drug-likeness (QED) is 0.456. The van der Waals surface area contributed by atoms with E-state index in [-0.39, 0.29) is 22.9 Å². The molecule has 1 aromatic carbocycles. The number of aliphatic hydroxyl groups is 1. The molecule has 6 nitrogen and oxygen atoms in total. The van der Waals surface area contributed by atoms with E-state index in [2.05, 4.69) is 26.3 Å². The lowest BCUT2D eigenvalue weighted by atomic mass is 9.98. The number of benzene rings is 1. The van der Waals surface area contributed by atoms with Gasteiger partial charge in [0, 0.05) is 17.7 Å². The molecule has 1 fully saturated rings. The van der Waals surface area contributed by atoms with Crippen LogP contribution in [0.1, 0.15) is 50.3 Å². The second-order valence-electron chi connectivity index (χ2n) is 7.55. The van der Waals surface area contributed by atoms with Crippen LogP contribution in [-0.2, 0) is 17.9 Å². The number of alkyl halides is 2. The van der Waals surface area contributed by atoms with Crippen LogP contribution in [0.3, 0.4) is 0 Å². The third-order valence-electron chi connectivity index (χ3n) is 5.47. The smallest absolute Gasteiger partial charge is 0.301 e. The summed E-state index contributed by atoms with van der Waals surface area (Å²) >= 11 is 6.25. The molecule has 33 heavy (non-hydrogen) atoms. The number of fused-ring (bicyclic) bond motifs is 1. The number of anilines is 1. The number of aliphatic hydroxyl groups excluding tert-OH is 1. The van der Waals surface area contributed by atoms with E-state index in [0.29, 0.717) is 29.6 Å². The van der Waals surface area contributed by atoms with Crippen molar-refractivity contribution in [2.24, 2.45) is 0 Å². The predicted molar refractivity (Wildman–Crippen MR) is 120 cm³/mol. The highest BCUT2D eigenvalue weighted by molar-refractivity contribution is 6.30. The van der Waals surface area contributed by atoms with Crippen molar-refractivity contribution < 1.29 is 18.3 Å². The van der Waals surface area contributed by atoms with Gasteiger partial charge in [-0.05, 0) is 31.9 Å². The second kappa shape index (κ2) is 9.49.